The molecular weight excluding hydrogens is 302 g/mol. The normalized spacial score (nSPS) is 20.9. The van der Waals surface area contributed by atoms with Crippen LogP contribution in [0.25, 0.3) is 27.5 Å². The first-order chi connectivity index (χ1) is 11.9. The van der Waals surface area contributed by atoms with E-state index in [-0.39, 0.29) is 10.8 Å². The third-order valence-electron chi connectivity index (χ3n) is 5.72. The number of rotatable bonds is 1. The van der Waals surface area contributed by atoms with Crippen molar-refractivity contribution >= 4 is 27.5 Å². The largest absolute Gasteiger partial charge is 0.310 e. The maximum Gasteiger partial charge on any atom is 0.0540 e. The van der Waals surface area contributed by atoms with E-state index in [4.69, 9.17) is 0 Å². The minimum Gasteiger partial charge on any atom is -0.310 e. The second-order valence-electron chi connectivity index (χ2n) is 8.19. The zero-order valence-corrected chi connectivity index (χ0v) is 15.5. The Morgan fingerprint density at radius 3 is 1.92 bits per heavy atom. The van der Waals surface area contributed by atoms with Gasteiger partial charge in [0.2, 0.25) is 0 Å². The van der Waals surface area contributed by atoms with Gasteiger partial charge in [-0.2, -0.15) is 0 Å². The van der Waals surface area contributed by atoms with Crippen molar-refractivity contribution in [1.29, 1.82) is 0 Å². The molecule has 1 heterocycles. The van der Waals surface area contributed by atoms with Gasteiger partial charge in [-0.15, -0.1) is 0 Å². The van der Waals surface area contributed by atoms with Crippen LogP contribution in [0.15, 0.2) is 78.9 Å². The van der Waals surface area contributed by atoms with E-state index in [9.17, 15) is 0 Å². The average Bonchev–Trinajstić information content (AvgIpc) is 2.77. The molecule has 1 aliphatic carbocycles. The molecule has 0 aliphatic heterocycles. The molecule has 25 heavy (non-hydrogen) atoms. The van der Waals surface area contributed by atoms with Gasteiger partial charge in [0.15, 0.2) is 0 Å². The fourth-order valence-corrected chi connectivity index (χ4v) is 3.62. The SMILES string of the molecule is CC(C)(C)C1(C)C=CC=CC(n2c3ccccc3c3ccccc32)=C1. The molecule has 1 aromatic heterocycles. The molecule has 1 nitrogen and oxygen atoms in total. The molecule has 0 spiro atoms. The fourth-order valence-electron chi connectivity index (χ4n) is 3.62. The van der Waals surface area contributed by atoms with Crippen molar-refractivity contribution in [3.63, 3.8) is 0 Å². The van der Waals surface area contributed by atoms with Crippen molar-refractivity contribution < 1.29 is 0 Å². The standard InChI is InChI=1S/C24H25N/c1-23(2,3)24(4)16-10-9-11-18(17-24)25-21-14-7-5-12-19(21)20-13-6-8-15-22(20)25/h5-17H,1-4H3. The molecular formula is C24H25N. The van der Waals surface area contributed by atoms with E-state index < -0.39 is 0 Å². The van der Waals surface area contributed by atoms with Gasteiger partial charge < -0.3 is 4.57 Å². The lowest BCUT2D eigenvalue weighted by molar-refractivity contribution is 0.228. The molecule has 1 atom stereocenters. The summed E-state index contributed by atoms with van der Waals surface area (Å²) in [4.78, 5) is 0. The average molecular weight is 327 g/mol. The molecule has 126 valence electrons. The van der Waals surface area contributed by atoms with Gasteiger partial charge in [0.1, 0.15) is 0 Å². The van der Waals surface area contributed by atoms with Crippen LogP contribution in [-0.4, -0.2) is 4.57 Å². The van der Waals surface area contributed by atoms with E-state index in [2.05, 4.69) is 111 Å². The molecule has 1 heteroatoms. The van der Waals surface area contributed by atoms with Crippen molar-refractivity contribution in [1.82, 2.24) is 4.57 Å². The summed E-state index contributed by atoms with van der Waals surface area (Å²) in [5.41, 5.74) is 3.88. The van der Waals surface area contributed by atoms with Gasteiger partial charge in [0.25, 0.3) is 0 Å². The predicted molar refractivity (Wildman–Crippen MR) is 110 cm³/mol. The molecule has 2 aromatic carbocycles. The summed E-state index contributed by atoms with van der Waals surface area (Å²) in [6, 6.07) is 17.4. The highest BCUT2D eigenvalue weighted by Gasteiger charge is 2.34. The zero-order chi connectivity index (χ0) is 17.7. The van der Waals surface area contributed by atoms with Gasteiger partial charge in [0, 0.05) is 21.9 Å². The lowest BCUT2D eigenvalue weighted by atomic mass is 9.67. The number of benzene rings is 2. The van der Waals surface area contributed by atoms with Gasteiger partial charge in [-0.3, -0.25) is 0 Å². The molecule has 0 amide bonds. The Labute approximate surface area is 150 Å². The van der Waals surface area contributed by atoms with Crippen LogP contribution >= 0.6 is 0 Å². The van der Waals surface area contributed by atoms with Crippen molar-refractivity contribution in [2.45, 2.75) is 27.7 Å². The molecule has 1 unspecified atom stereocenters. The third kappa shape index (κ3) is 2.46. The van der Waals surface area contributed by atoms with Gasteiger partial charge in [-0.1, -0.05) is 88.4 Å². The summed E-state index contributed by atoms with van der Waals surface area (Å²) in [6.45, 7) is 9.25. The van der Waals surface area contributed by atoms with Crippen LogP contribution < -0.4 is 0 Å². The van der Waals surface area contributed by atoms with Gasteiger partial charge >= 0.3 is 0 Å². The minimum absolute atomic E-state index is 0.0156. The van der Waals surface area contributed by atoms with E-state index in [1.165, 1.54) is 27.5 Å². The van der Waals surface area contributed by atoms with Crippen molar-refractivity contribution in [2.75, 3.05) is 0 Å². The first-order valence-electron chi connectivity index (χ1n) is 8.98. The topological polar surface area (TPSA) is 4.93 Å². The molecule has 0 saturated heterocycles. The Morgan fingerprint density at radius 1 is 0.800 bits per heavy atom. The zero-order valence-electron chi connectivity index (χ0n) is 15.5. The Bertz CT molecular complexity index is 984. The number of hydrogen-bond donors (Lipinski definition) is 0. The second kappa shape index (κ2) is 5.49. The Kier molecular flexibility index (Phi) is 3.50. The van der Waals surface area contributed by atoms with E-state index in [0.717, 1.165) is 0 Å². The molecule has 0 saturated carbocycles. The first-order valence-corrected chi connectivity index (χ1v) is 8.98. The summed E-state index contributed by atoms with van der Waals surface area (Å²) in [5.74, 6) is 0. The Morgan fingerprint density at radius 2 is 1.36 bits per heavy atom. The van der Waals surface area contributed by atoms with E-state index in [1.54, 1.807) is 0 Å². The number of aromatic nitrogens is 1. The number of para-hydroxylation sites is 2. The maximum atomic E-state index is 2.42. The molecule has 3 aromatic rings. The van der Waals surface area contributed by atoms with Gasteiger partial charge in [-0.25, -0.2) is 0 Å². The Balaban J connectivity index is 2.06. The maximum absolute atomic E-state index is 2.42. The van der Waals surface area contributed by atoms with Crippen LogP contribution in [0.5, 0.6) is 0 Å². The minimum atomic E-state index is -0.0156. The predicted octanol–water partition coefficient (Wildman–Crippen LogP) is 6.81. The van der Waals surface area contributed by atoms with Gasteiger partial charge in [0.05, 0.1) is 11.0 Å². The Hall–Kier alpha value is -2.54. The molecule has 4 rings (SSSR count). The van der Waals surface area contributed by atoms with E-state index in [1.807, 2.05) is 0 Å². The fraction of sp³-hybridized carbons (Fsp3) is 0.250. The summed E-state index contributed by atoms with van der Waals surface area (Å²) >= 11 is 0. The van der Waals surface area contributed by atoms with Crippen LogP contribution in [0.4, 0.5) is 0 Å². The van der Waals surface area contributed by atoms with Crippen LogP contribution in [0.2, 0.25) is 0 Å². The number of hydrogen-bond acceptors (Lipinski definition) is 0. The smallest absolute Gasteiger partial charge is 0.0540 e. The molecule has 0 bridgehead atoms. The number of fused-ring (bicyclic) bond motifs is 3. The number of nitrogens with zero attached hydrogens (tertiary/aromatic N) is 1. The highest BCUT2D eigenvalue weighted by atomic mass is 15.0. The summed E-state index contributed by atoms with van der Waals surface area (Å²) in [5, 5.41) is 2.61. The van der Waals surface area contributed by atoms with Crippen molar-refractivity contribution in [3.05, 3.63) is 78.9 Å². The summed E-state index contributed by atoms with van der Waals surface area (Å²) < 4.78 is 2.40. The quantitative estimate of drug-likeness (QED) is 0.462. The monoisotopic (exact) mass is 327 g/mol. The number of allylic oxidation sites excluding steroid dienone is 6. The summed E-state index contributed by atoms with van der Waals surface area (Å²) in [7, 11) is 0. The first kappa shape index (κ1) is 16.0. The van der Waals surface area contributed by atoms with Crippen LogP contribution in [0.1, 0.15) is 27.7 Å². The highest BCUT2D eigenvalue weighted by molar-refractivity contribution is 6.10. The van der Waals surface area contributed by atoms with Gasteiger partial charge in [-0.05, 0) is 23.6 Å². The van der Waals surface area contributed by atoms with E-state index >= 15 is 0 Å². The molecule has 1 aliphatic rings. The lowest BCUT2D eigenvalue weighted by Crippen LogP contribution is -2.29. The second-order valence-corrected chi connectivity index (χ2v) is 8.19. The van der Waals surface area contributed by atoms with Crippen LogP contribution in [0, 0.1) is 10.8 Å². The van der Waals surface area contributed by atoms with E-state index in [0.29, 0.717) is 0 Å². The van der Waals surface area contributed by atoms with Crippen LogP contribution in [0.3, 0.4) is 0 Å². The highest BCUT2D eigenvalue weighted by Crippen LogP contribution is 2.44. The summed E-state index contributed by atoms with van der Waals surface area (Å²) in [6.07, 6.45) is 11.3. The molecule has 0 N–H and O–H groups in total. The lowest BCUT2D eigenvalue weighted by Gasteiger charge is -2.37. The third-order valence-corrected chi connectivity index (χ3v) is 5.72. The molecule has 0 radical (unpaired) electrons. The van der Waals surface area contributed by atoms with Crippen LogP contribution in [-0.2, 0) is 0 Å². The van der Waals surface area contributed by atoms with Crippen molar-refractivity contribution in [2.24, 2.45) is 10.8 Å². The molecule has 0 fully saturated rings. The van der Waals surface area contributed by atoms with Crippen molar-refractivity contribution in [3.8, 4) is 0 Å².